The SMILES string of the molecule is CC(C)c1nccn(CCc2ccc(C(N)=O)cc2)c1=O. The maximum Gasteiger partial charge on any atom is 0.272 e. The lowest BCUT2D eigenvalue weighted by Crippen LogP contribution is -2.26. The molecule has 5 nitrogen and oxygen atoms in total. The maximum absolute atomic E-state index is 12.2. The van der Waals surface area contributed by atoms with E-state index in [2.05, 4.69) is 4.98 Å². The molecule has 21 heavy (non-hydrogen) atoms. The van der Waals surface area contributed by atoms with Crippen molar-refractivity contribution in [2.24, 2.45) is 5.73 Å². The first-order chi connectivity index (χ1) is 9.99. The molecule has 0 atom stereocenters. The van der Waals surface area contributed by atoms with Gasteiger partial charge in [0.05, 0.1) is 0 Å². The van der Waals surface area contributed by atoms with Gasteiger partial charge in [0.25, 0.3) is 5.56 Å². The lowest BCUT2D eigenvalue weighted by Gasteiger charge is -2.09. The van der Waals surface area contributed by atoms with Crippen LogP contribution < -0.4 is 11.3 Å². The van der Waals surface area contributed by atoms with Crippen molar-refractivity contribution in [2.45, 2.75) is 32.7 Å². The zero-order valence-electron chi connectivity index (χ0n) is 12.2. The van der Waals surface area contributed by atoms with Crippen LogP contribution in [0.3, 0.4) is 0 Å². The van der Waals surface area contributed by atoms with Gasteiger partial charge in [0, 0.05) is 30.4 Å². The number of nitrogens with zero attached hydrogens (tertiary/aromatic N) is 2. The molecule has 0 radical (unpaired) electrons. The Morgan fingerprint density at radius 1 is 1.29 bits per heavy atom. The molecule has 1 amide bonds. The van der Waals surface area contributed by atoms with Crippen molar-refractivity contribution in [1.29, 1.82) is 0 Å². The smallest absolute Gasteiger partial charge is 0.272 e. The molecule has 2 aromatic rings. The van der Waals surface area contributed by atoms with Crippen LogP contribution >= 0.6 is 0 Å². The Kier molecular flexibility index (Phi) is 4.52. The Morgan fingerprint density at radius 3 is 2.52 bits per heavy atom. The molecule has 0 spiro atoms. The van der Waals surface area contributed by atoms with Gasteiger partial charge in [0.1, 0.15) is 5.69 Å². The van der Waals surface area contributed by atoms with Crippen molar-refractivity contribution in [3.8, 4) is 0 Å². The van der Waals surface area contributed by atoms with E-state index in [1.807, 2.05) is 26.0 Å². The number of hydrogen-bond acceptors (Lipinski definition) is 3. The molecule has 0 aliphatic rings. The summed E-state index contributed by atoms with van der Waals surface area (Å²) in [5.74, 6) is -0.326. The standard InChI is InChI=1S/C16H19N3O2/c1-11(2)14-16(21)19(10-8-18-14)9-7-12-3-5-13(6-4-12)15(17)20/h3-6,8,10-11H,7,9H2,1-2H3,(H2,17,20). The van der Waals surface area contributed by atoms with E-state index in [0.717, 1.165) is 5.56 Å². The normalized spacial score (nSPS) is 10.8. The monoisotopic (exact) mass is 285 g/mol. The predicted molar refractivity (Wildman–Crippen MR) is 81.2 cm³/mol. The van der Waals surface area contributed by atoms with Crippen LogP contribution in [0.4, 0.5) is 0 Å². The first-order valence-electron chi connectivity index (χ1n) is 6.93. The quantitative estimate of drug-likeness (QED) is 0.908. The summed E-state index contributed by atoms with van der Waals surface area (Å²) in [6.45, 7) is 4.49. The van der Waals surface area contributed by atoms with Gasteiger partial charge >= 0.3 is 0 Å². The van der Waals surface area contributed by atoms with E-state index >= 15 is 0 Å². The van der Waals surface area contributed by atoms with Gasteiger partial charge in [-0.2, -0.15) is 0 Å². The van der Waals surface area contributed by atoms with Crippen molar-refractivity contribution in [3.63, 3.8) is 0 Å². The second kappa shape index (κ2) is 6.35. The van der Waals surface area contributed by atoms with Gasteiger partial charge in [-0.3, -0.25) is 14.6 Å². The zero-order valence-corrected chi connectivity index (χ0v) is 12.2. The van der Waals surface area contributed by atoms with Gasteiger partial charge in [0.2, 0.25) is 5.91 Å². The Morgan fingerprint density at radius 2 is 1.95 bits per heavy atom. The fraction of sp³-hybridized carbons (Fsp3) is 0.312. The maximum atomic E-state index is 12.2. The third-order valence-corrected chi connectivity index (χ3v) is 3.37. The summed E-state index contributed by atoms with van der Waals surface area (Å²) in [5, 5.41) is 0. The van der Waals surface area contributed by atoms with Crippen LogP contribution in [-0.4, -0.2) is 15.5 Å². The van der Waals surface area contributed by atoms with Crippen LogP contribution in [0.1, 0.15) is 41.4 Å². The molecule has 2 N–H and O–H groups in total. The van der Waals surface area contributed by atoms with Crippen molar-refractivity contribution in [1.82, 2.24) is 9.55 Å². The topological polar surface area (TPSA) is 78.0 Å². The van der Waals surface area contributed by atoms with E-state index in [-0.39, 0.29) is 11.5 Å². The van der Waals surface area contributed by atoms with E-state index in [4.69, 9.17) is 5.73 Å². The minimum atomic E-state index is -0.437. The molecule has 0 unspecified atom stereocenters. The van der Waals surface area contributed by atoms with Crippen LogP contribution in [-0.2, 0) is 13.0 Å². The Hall–Kier alpha value is -2.43. The van der Waals surface area contributed by atoms with Crippen LogP contribution in [0, 0.1) is 0 Å². The second-order valence-corrected chi connectivity index (χ2v) is 5.28. The largest absolute Gasteiger partial charge is 0.366 e. The molecule has 0 aliphatic heterocycles. The van der Waals surface area contributed by atoms with Gasteiger partial charge in [-0.15, -0.1) is 0 Å². The first-order valence-corrected chi connectivity index (χ1v) is 6.93. The lowest BCUT2D eigenvalue weighted by atomic mass is 10.1. The lowest BCUT2D eigenvalue weighted by molar-refractivity contribution is 0.100. The van der Waals surface area contributed by atoms with Gasteiger partial charge < -0.3 is 10.3 Å². The highest BCUT2D eigenvalue weighted by Crippen LogP contribution is 2.07. The fourth-order valence-corrected chi connectivity index (χ4v) is 2.12. The number of aryl methyl sites for hydroxylation is 2. The highest BCUT2D eigenvalue weighted by atomic mass is 16.1. The summed E-state index contributed by atoms with van der Waals surface area (Å²) in [7, 11) is 0. The third-order valence-electron chi connectivity index (χ3n) is 3.37. The summed E-state index contributed by atoms with van der Waals surface area (Å²) >= 11 is 0. The van der Waals surface area contributed by atoms with Crippen LogP contribution in [0.15, 0.2) is 41.5 Å². The molecular weight excluding hydrogens is 266 g/mol. The molecule has 0 bridgehead atoms. The third kappa shape index (κ3) is 3.56. The molecule has 0 saturated carbocycles. The summed E-state index contributed by atoms with van der Waals surface area (Å²) < 4.78 is 1.67. The number of carbonyl (C=O) groups is 1. The molecule has 1 aromatic heterocycles. The summed E-state index contributed by atoms with van der Waals surface area (Å²) in [4.78, 5) is 27.4. The first kappa shape index (κ1) is 15.0. The number of primary amides is 1. The number of aromatic nitrogens is 2. The van der Waals surface area contributed by atoms with Gasteiger partial charge in [-0.25, -0.2) is 0 Å². The summed E-state index contributed by atoms with van der Waals surface area (Å²) in [5.41, 5.74) is 7.29. The van der Waals surface area contributed by atoms with Crippen molar-refractivity contribution < 1.29 is 4.79 Å². The average molecular weight is 285 g/mol. The van der Waals surface area contributed by atoms with E-state index in [1.165, 1.54) is 0 Å². The van der Waals surface area contributed by atoms with E-state index in [0.29, 0.717) is 24.2 Å². The minimum Gasteiger partial charge on any atom is -0.366 e. The second-order valence-electron chi connectivity index (χ2n) is 5.28. The highest BCUT2D eigenvalue weighted by molar-refractivity contribution is 5.92. The number of amides is 1. The fourth-order valence-electron chi connectivity index (χ4n) is 2.12. The van der Waals surface area contributed by atoms with Crippen LogP contribution in [0.25, 0.3) is 0 Å². The zero-order chi connectivity index (χ0) is 15.4. The molecule has 1 heterocycles. The molecule has 0 aliphatic carbocycles. The van der Waals surface area contributed by atoms with Crippen LogP contribution in [0.2, 0.25) is 0 Å². The highest BCUT2D eigenvalue weighted by Gasteiger charge is 2.08. The van der Waals surface area contributed by atoms with Crippen molar-refractivity contribution in [2.75, 3.05) is 0 Å². The van der Waals surface area contributed by atoms with E-state index < -0.39 is 5.91 Å². The number of nitrogens with two attached hydrogens (primary N) is 1. The Balaban J connectivity index is 2.11. The molecule has 0 saturated heterocycles. The Bertz CT molecular complexity index is 687. The van der Waals surface area contributed by atoms with E-state index in [1.54, 1.807) is 29.1 Å². The average Bonchev–Trinajstić information content (AvgIpc) is 2.46. The number of rotatable bonds is 5. The molecule has 110 valence electrons. The minimum absolute atomic E-state index is 0.0405. The molecule has 0 fully saturated rings. The van der Waals surface area contributed by atoms with E-state index in [9.17, 15) is 9.59 Å². The molecule has 2 rings (SSSR count). The summed E-state index contributed by atoms with van der Waals surface area (Å²) in [6, 6.07) is 7.12. The van der Waals surface area contributed by atoms with Gasteiger partial charge in [-0.1, -0.05) is 26.0 Å². The van der Waals surface area contributed by atoms with Gasteiger partial charge in [-0.05, 0) is 24.1 Å². The molecule has 5 heteroatoms. The van der Waals surface area contributed by atoms with Crippen molar-refractivity contribution >= 4 is 5.91 Å². The number of carbonyl (C=O) groups excluding carboxylic acids is 1. The summed E-state index contributed by atoms with van der Waals surface area (Å²) in [6.07, 6.45) is 4.07. The van der Waals surface area contributed by atoms with Gasteiger partial charge in [0.15, 0.2) is 0 Å². The molecular formula is C16H19N3O2. The Labute approximate surface area is 123 Å². The van der Waals surface area contributed by atoms with Crippen molar-refractivity contribution in [3.05, 3.63) is 63.8 Å². The number of hydrogen-bond donors (Lipinski definition) is 1. The predicted octanol–water partition coefficient (Wildman–Crippen LogP) is 1.71. The molecule has 1 aromatic carbocycles. The number of benzene rings is 1. The van der Waals surface area contributed by atoms with Crippen LogP contribution in [0.5, 0.6) is 0 Å².